The van der Waals surface area contributed by atoms with Crippen molar-refractivity contribution >= 4 is 23.2 Å². The Kier molecular flexibility index (Phi) is 5.87. The van der Waals surface area contributed by atoms with Gasteiger partial charge in [-0.1, -0.05) is 23.2 Å². The van der Waals surface area contributed by atoms with E-state index >= 15 is 0 Å². The van der Waals surface area contributed by atoms with Gasteiger partial charge in [0, 0.05) is 23.7 Å². The highest BCUT2D eigenvalue weighted by Crippen LogP contribution is 2.18. The van der Waals surface area contributed by atoms with Crippen LogP contribution in [0.1, 0.15) is 19.3 Å². The third-order valence-electron chi connectivity index (χ3n) is 2.69. The topological polar surface area (TPSA) is 23.5 Å². The van der Waals surface area contributed by atoms with Gasteiger partial charge in [0.1, 0.15) is 0 Å². The lowest BCUT2D eigenvalue weighted by Gasteiger charge is -2.18. The fraction of sp³-hybridized carbons (Fsp3) is 0.800. The highest BCUT2D eigenvalue weighted by molar-refractivity contribution is 6.36. The summed E-state index contributed by atoms with van der Waals surface area (Å²) in [4.78, 5) is 2.29. The van der Waals surface area contributed by atoms with Crippen molar-refractivity contribution in [1.82, 2.24) is 4.90 Å². The van der Waals surface area contributed by atoms with Gasteiger partial charge < -0.3 is 5.11 Å². The number of aliphatic hydroxyl groups excluding tert-OH is 1. The molecule has 0 aromatic rings. The minimum absolute atomic E-state index is 0.312. The summed E-state index contributed by atoms with van der Waals surface area (Å²) in [5.41, 5.74) is 1.43. The summed E-state index contributed by atoms with van der Waals surface area (Å²) in [7, 11) is 0. The zero-order valence-corrected chi connectivity index (χ0v) is 9.77. The molecule has 2 nitrogen and oxygen atoms in total. The number of aliphatic hydroxyl groups is 1. The molecule has 0 aliphatic carbocycles. The van der Waals surface area contributed by atoms with Crippen LogP contribution in [0.3, 0.4) is 0 Å². The molecular formula is C10H17Cl2NO. The summed E-state index contributed by atoms with van der Waals surface area (Å²) >= 11 is 11.4. The molecular weight excluding hydrogens is 221 g/mol. The van der Waals surface area contributed by atoms with Crippen molar-refractivity contribution < 1.29 is 5.11 Å². The molecule has 0 radical (unpaired) electrons. The molecule has 0 amide bonds. The fourth-order valence-electron chi connectivity index (χ4n) is 1.81. The van der Waals surface area contributed by atoms with E-state index in [-0.39, 0.29) is 0 Å². The molecule has 1 aliphatic rings. The van der Waals surface area contributed by atoms with E-state index < -0.39 is 0 Å². The summed E-state index contributed by atoms with van der Waals surface area (Å²) in [5, 5.41) is 9.74. The Labute approximate surface area is 95.5 Å². The number of rotatable bonds is 3. The first-order valence-corrected chi connectivity index (χ1v) is 5.85. The largest absolute Gasteiger partial charge is 0.396 e. The number of halogens is 2. The van der Waals surface area contributed by atoms with Crippen molar-refractivity contribution in [2.45, 2.75) is 19.3 Å². The van der Waals surface area contributed by atoms with Gasteiger partial charge in [0.05, 0.1) is 0 Å². The molecule has 0 aromatic heterocycles. The number of hydrogen-bond acceptors (Lipinski definition) is 2. The Hall–Kier alpha value is 0.240. The molecule has 1 saturated heterocycles. The second kappa shape index (κ2) is 6.67. The second-order valence-corrected chi connectivity index (χ2v) is 4.52. The minimum atomic E-state index is 0.312. The van der Waals surface area contributed by atoms with Crippen LogP contribution in [0, 0.1) is 5.92 Å². The summed E-state index contributed by atoms with van der Waals surface area (Å²) in [6.45, 7) is 3.11. The highest BCUT2D eigenvalue weighted by Gasteiger charge is 2.16. The zero-order valence-electron chi connectivity index (χ0n) is 8.25. The van der Waals surface area contributed by atoms with Crippen LogP contribution in [0.5, 0.6) is 0 Å². The molecule has 82 valence electrons. The Bertz CT molecular complexity index is 197. The highest BCUT2D eigenvalue weighted by atomic mass is 35.5. The number of hydrogen-bond donors (Lipinski definition) is 1. The molecule has 1 atom stereocenters. The van der Waals surface area contributed by atoms with Gasteiger partial charge in [-0.15, -0.1) is 0 Å². The van der Waals surface area contributed by atoms with Crippen molar-refractivity contribution in [2.75, 3.05) is 26.2 Å². The number of nitrogens with zero attached hydrogens (tertiary/aromatic N) is 1. The third kappa shape index (κ3) is 4.18. The lowest BCUT2D eigenvalue weighted by molar-refractivity contribution is 0.210. The van der Waals surface area contributed by atoms with Crippen molar-refractivity contribution in [1.29, 1.82) is 0 Å². The maximum atomic E-state index is 9.05. The van der Waals surface area contributed by atoms with Gasteiger partial charge in [-0.25, -0.2) is 0 Å². The van der Waals surface area contributed by atoms with Gasteiger partial charge in [0.2, 0.25) is 0 Å². The zero-order chi connectivity index (χ0) is 10.4. The molecule has 0 saturated carbocycles. The van der Waals surface area contributed by atoms with Gasteiger partial charge in [-0.2, -0.15) is 0 Å². The van der Waals surface area contributed by atoms with Crippen molar-refractivity contribution in [3.8, 4) is 0 Å². The van der Waals surface area contributed by atoms with Gasteiger partial charge in [-0.3, -0.25) is 4.90 Å². The molecule has 1 rings (SSSR count). The molecule has 0 aromatic carbocycles. The summed E-state index contributed by atoms with van der Waals surface area (Å²) in [5.74, 6) is 0.471. The fourth-order valence-corrected chi connectivity index (χ4v) is 2.05. The first-order valence-electron chi connectivity index (χ1n) is 5.04. The summed E-state index contributed by atoms with van der Waals surface area (Å²) in [6, 6.07) is 0. The molecule has 1 unspecified atom stereocenters. The Morgan fingerprint density at radius 3 is 2.86 bits per heavy atom. The molecule has 0 bridgehead atoms. The van der Waals surface area contributed by atoms with Crippen LogP contribution in [0.15, 0.2) is 10.6 Å². The molecule has 1 heterocycles. The average molecular weight is 238 g/mol. The van der Waals surface area contributed by atoms with Crippen LogP contribution in [0.4, 0.5) is 0 Å². The van der Waals surface area contributed by atoms with Crippen LogP contribution in [-0.2, 0) is 0 Å². The first-order chi connectivity index (χ1) is 6.76. The Morgan fingerprint density at radius 1 is 1.43 bits per heavy atom. The quantitative estimate of drug-likeness (QED) is 0.816. The molecule has 1 N–H and O–H groups in total. The summed E-state index contributed by atoms with van der Waals surface area (Å²) in [6.07, 6.45) is 3.32. The van der Waals surface area contributed by atoms with Crippen LogP contribution in [0.2, 0.25) is 0 Å². The van der Waals surface area contributed by atoms with E-state index in [9.17, 15) is 0 Å². The van der Waals surface area contributed by atoms with Crippen LogP contribution in [-0.4, -0.2) is 36.2 Å². The predicted molar refractivity (Wildman–Crippen MR) is 60.7 cm³/mol. The van der Waals surface area contributed by atoms with E-state index in [1.807, 2.05) is 0 Å². The summed E-state index contributed by atoms with van der Waals surface area (Å²) < 4.78 is 0. The van der Waals surface area contributed by atoms with Crippen molar-refractivity contribution in [2.24, 2.45) is 5.92 Å². The van der Waals surface area contributed by atoms with E-state index in [0.29, 0.717) is 17.6 Å². The van der Waals surface area contributed by atoms with Gasteiger partial charge in [0.15, 0.2) is 0 Å². The maximum Gasteiger partial charge on any atom is 0.0459 e. The van der Waals surface area contributed by atoms with Crippen LogP contribution < -0.4 is 0 Å². The van der Waals surface area contributed by atoms with E-state index in [1.165, 1.54) is 5.54 Å². The van der Waals surface area contributed by atoms with Crippen molar-refractivity contribution in [3.63, 3.8) is 0 Å². The van der Waals surface area contributed by atoms with Crippen molar-refractivity contribution in [3.05, 3.63) is 10.6 Å². The molecule has 1 fully saturated rings. The minimum Gasteiger partial charge on any atom is -0.396 e. The van der Waals surface area contributed by atoms with Gasteiger partial charge in [0.25, 0.3) is 0 Å². The Morgan fingerprint density at radius 2 is 2.21 bits per heavy atom. The van der Waals surface area contributed by atoms with E-state index in [4.69, 9.17) is 28.3 Å². The monoisotopic (exact) mass is 237 g/mol. The lowest BCUT2D eigenvalue weighted by atomic mass is 10.0. The molecule has 14 heavy (non-hydrogen) atoms. The van der Waals surface area contributed by atoms with E-state index in [2.05, 4.69) is 4.90 Å². The molecule has 0 spiro atoms. The third-order valence-corrected chi connectivity index (χ3v) is 3.30. The SMILES string of the molecule is OCC1CCCN(C/C(Cl)=C/Cl)CC1. The second-order valence-electron chi connectivity index (χ2n) is 3.81. The Balaban J connectivity index is 2.34. The number of likely N-dealkylation sites (tertiary alicyclic amines) is 1. The maximum absolute atomic E-state index is 9.05. The van der Waals surface area contributed by atoms with Gasteiger partial charge in [-0.05, 0) is 38.3 Å². The molecule has 4 heteroatoms. The standard InChI is InChI=1S/C10H17Cl2NO/c11-6-10(12)7-13-4-1-2-9(8-14)3-5-13/h6,9,14H,1-5,7-8H2/b10-6-. The first kappa shape index (κ1) is 12.3. The molecule has 1 aliphatic heterocycles. The average Bonchev–Trinajstić information content (AvgIpc) is 2.43. The van der Waals surface area contributed by atoms with E-state index in [1.54, 1.807) is 0 Å². The smallest absolute Gasteiger partial charge is 0.0459 e. The predicted octanol–water partition coefficient (Wildman–Crippen LogP) is 2.40. The van der Waals surface area contributed by atoms with Crippen LogP contribution in [0.25, 0.3) is 0 Å². The normalized spacial score (nSPS) is 26.2. The van der Waals surface area contributed by atoms with Crippen LogP contribution >= 0.6 is 23.2 Å². The van der Waals surface area contributed by atoms with Gasteiger partial charge >= 0.3 is 0 Å². The lowest BCUT2D eigenvalue weighted by Crippen LogP contribution is -2.26. The van der Waals surface area contributed by atoms with E-state index in [0.717, 1.165) is 38.9 Å².